The molecule has 0 radical (unpaired) electrons. The minimum Gasteiger partial charge on any atom is -0.406 e. The molecule has 1 saturated heterocycles. The Bertz CT molecular complexity index is 2300. The number of morpholine rings is 1. The number of fused-ring (bicyclic) bond motifs is 1. The molecule has 3 aromatic carbocycles. The molecule has 1 aliphatic rings. The van der Waals surface area contributed by atoms with Crippen LogP contribution in [-0.4, -0.2) is 83.5 Å². The Morgan fingerprint density at radius 1 is 0.823 bits per heavy atom. The number of halogens is 3. The second-order valence-corrected chi connectivity index (χ2v) is 20.7. The van der Waals surface area contributed by atoms with Crippen molar-refractivity contribution in [3.63, 3.8) is 0 Å². The Kier molecular flexibility index (Phi) is 17.8. The average Bonchev–Trinajstić information content (AvgIpc) is 3.66. The molecule has 0 bridgehead atoms. The summed E-state index contributed by atoms with van der Waals surface area (Å²) in [6.07, 6.45) is 6.95. The first-order valence-corrected chi connectivity index (χ1v) is 25.4. The first kappa shape index (κ1) is 48.9. The standard InChI is InChI=1S/C44H57F3N4O8S3/c1-2-3-4-5-6-7-8-9-10-11-12-13-24-43(41(53)49-25-30-62(48,56)57,61(54,55)32-33-14-21-37(22-15-33)59-44(45,46)47)42-50-38-23-20-36(31-39(38)60-42)34-16-18-35(19-17-34)40(52)51-26-28-58-29-27-51/h14-23,31H,2-13,24-30,32H2,1H3,(H,49,53)(H2,48,56,57). The molecule has 1 aromatic heterocycles. The molecule has 62 heavy (non-hydrogen) atoms. The predicted octanol–water partition coefficient (Wildman–Crippen LogP) is 8.64. The number of benzene rings is 3. The van der Waals surface area contributed by atoms with Crippen LogP contribution in [0.5, 0.6) is 5.75 Å². The fourth-order valence-electron chi connectivity index (χ4n) is 7.57. The number of carbonyl (C=O) groups excluding carboxylic acids is 2. The number of hydrogen-bond donors (Lipinski definition) is 2. The molecule has 5 rings (SSSR count). The van der Waals surface area contributed by atoms with Gasteiger partial charge in [-0.05, 0) is 59.5 Å². The second-order valence-electron chi connectivity index (χ2n) is 15.7. The van der Waals surface area contributed by atoms with E-state index in [1.807, 2.05) is 24.3 Å². The number of ether oxygens (including phenoxy) is 2. The highest BCUT2D eigenvalue weighted by Gasteiger charge is 2.54. The normalized spacial score (nSPS) is 14.8. The number of alkyl halides is 3. The topological polar surface area (TPSA) is 175 Å². The van der Waals surface area contributed by atoms with E-state index in [2.05, 4.69) is 17.0 Å². The van der Waals surface area contributed by atoms with E-state index in [1.165, 1.54) is 44.2 Å². The third-order valence-electron chi connectivity index (χ3n) is 11.0. The number of hydrogen-bond acceptors (Lipinski definition) is 10. The molecule has 0 aliphatic carbocycles. The summed E-state index contributed by atoms with van der Waals surface area (Å²) in [7, 11) is -8.63. The van der Waals surface area contributed by atoms with Crippen LogP contribution in [0.1, 0.15) is 111 Å². The maximum absolute atomic E-state index is 15.0. The maximum atomic E-state index is 15.0. The molecule has 1 aliphatic heterocycles. The van der Waals surface area contributed by atoms with Crippen LogP contribution in [0, 0.1) is 0 Å². The first-order valence-electron chi connectivity index (χ1n) is 21.3. The van der Waals surface area contributed by atoms with Crippen molar-refractivity contribution < 1.29 is 49.1 Å². The molecule has 2 heterocycles. The summed E-state index contributed by atoms with van der Waals surface area (Å²) in [5.41, 5.74) is 2.60. The van der Waals surface area contributed by atoms with Crippen molar-refractivity contribution >= 4 is 53.2 Å². The molecule has 12 nitrogen and oxygen atoms in total. The van der Waals surface area contributed by atoms with Crippen molar-refractivity contribution in [2.24, 2.45) is 5.14 Å². The maximum Gasteiger partial charge on any atom is 0.573 e. The van der Waals surface area contributed by atoms with Gasteiger partial charge in [-0.1, -0.05) is 114 Å². The SMILES string of the molecule is CCCCCCCCCCCCCCC(C(=O)NCCS(N)(=O)=O)(c1nc2ccc(-c3ccc(C(=O)N4CCOCC4)cc3)cc2s1)S(=O)(=O)Cc1ccc(OC(F)(F)F)cc1. The molecule has 0 spiro atoms. The lowest BCUT2D eigenvalue weighted by Gasteiger charge is -2.30. The number of rotatable bonds is 24. The van der Waals surface area contributed by atoms with E-state index in [-0.39, 0.29) is 22.9 Å². The zero-order valence-corrected chi connectivity index (χ0v) is 37.5. The van der Waals surface area contributed by atoms with Crippen LogP contribution in [0.2, 0.25) is 0 Å². The molecular weight excluding hydrogens is 866 g/mol. The summed E-state index contributed by atoms with van der Waals surface area (Å²) in [5.74, 6) is -2.99. The Balaban J connectivity index is 1.45. The van der Waals surface area contributed by atoms with Gasteiger partial charge in [-0.2, -0.15) is 0 Å². The number of nitrogens with two attached hydrogens (primary N) is 1. The van der Waals surface area contributed by atoms with Crippen LogP contribution in [0.15, 0.2) is 66.7 Å². The van der Waals surface area contributed by atoms with Gasteiger partial charge < -0.3 is 19.7 Å². The van der Waals surface area contributed by atoms with Crippen LogP contribution >= 0.6 is 11.3 Å². The lowest BCUT2D eigenvalue weighted by atomic mass is 9.98. The third-order valence-corrected chi connectivity index (χ3v) is 15.4. The van der Waals surface area contributed by atoms with E-state index in [1.54, 1.807) is 23.1 Å². The van der Waals surface area contributed by atoms with Gasteiger partial charge in [-0.3, -0.25) is 9.59 Å². The zero-order valence-electron chi connectivity index (χ0n) is 35.1. The van der Waals surface area contributed by atoms with Gasteiger partial charge in [0, 0.05) is 25.2 Å². The fourth-order valence-corrected chi connectivity index (χ4v) is 11.6. The summed E-state index contributed by atoms with van der Waals surface area (Å²) in [5, 5.41) is 7.72. The van der Waals surface area contributed by atoms with Gasteiger partial charge in [0.05, 0.1) is 34.9 Å². The number of nitrogens with one attached hydrogen (secondary N) is 1. The lowest BCUT2D eigenvalue weighted by molar-refractivity contribution is -0.274. The lowest BCUT2D eigenvalue weighted by Crippen LogP contribution is -2.51. The number of unbranched alkanes of at least 4 members (excludes halogenated alkanes) is 11. The number of aromatic nitrogens is 1. The van der Waals surface area contributed by atoms with Crippen molar-refractivity contribution in [3.05, 3.63) is 82.9 Å². The van der Waals surface area contributed by atoms with Gasteiger partial charge in [0.2, 0.25) is 20.7 Å². The molecule has 2 amide bonds. The van der Waals surface area contributed by atoms with E-state index < -0.39 is 60.7 Å². The number of sulfone groups is 1. The van der Waals surface area contributed by atoms with E-state index in [9.17, 15) is 39.6 Å². The average molecular weight is 923 g/mol. The zero-order chi connectivity index (χ0) is 44.8. The highest BCUT2D eigenvalue weighted by Crippen LogP contribution is 2.43. The van der Waals surface area contributed by atoms with Crippen molar-refractivity contribution in [1.82, 2.24) is 15.2 Å². The number of amides is 2. The molecule has 340 valence electrons. The largest absolute Gasteiger partial charge is 0.573 e. The van der Waals surface area contributed by atoms with Gasteiger partial charge in [-0.15, -0.1) is 24.5 Å². The Morgan fingerprint density at radius 2 is 1.40 bits per heavy atom. The summed E-state index contributed by atoms with van der Waals surface area (Å²) < 4.78 is 100.0. The van der Waals surface area contributed by atoms with Gasteiger partial charge in [0.15, 0.2) is 9.84 Å². The molecule has 1 fully saturated rings. The quantitative estimate of drug-likeness (QED) is 0.0652. The van der Waals surface area contributed by atoms with Gasteiger partial charge in [0.1, 0.15) is 10.8 Å². The fraction of sp³-hybridized carbons (Fsp3) is 0.523. The van der Waals surface area contributed by atoms with Crippen molar-refractivity contribution in [3.8, 4) is 16.9 Å². The Hall–Kier alpha value is -4.10. The van der Waals surface area contributed by atoms with Gasteiger partial charge in [0.25, 0.3) is 5.91 Å². The van der Waals surface area contributed by atoms with Crippen LogP contribution in [0.25, 0.3) is 21.3 Å². The summed E-state index contributed by atoms with van der Waals surface area (Å²) in [4.78, 5) is 34.1. The van der Waals surface area contributed by atoms with Gasteiger partial charge >= 0.3 is 6.36 Å². The van der Waals surface area contributed by atoms with Gasteiger partial charge in [-0.25, -0.2) is 27.0 Å². The smallest absolute Gasteiger partial charge is 0.406 e. The predicted molar refractivity (Wildman–Crippen MR) is 236 cm³/mol. The van der Waals surface area contributed by atoms with Crippen LogP contribution in [-0.2, 0) is 39.9 Å². The Morgan fingerprint density at radius 3 is 1.98 bits per heavy atom. The van der Waals surface area contributed by atoms with E-state index in [0.717, 1.165) is 66.7 Å². The highest BCUT2D eigenvalue weighted by atomic mass is 32.2. The molecule has 1 unspecified atom stereocenters. The molecule has 4 aromatic rings. The van der Waals surface area contributed by atoms with E-state index in [0.29, 0.717) is 54.9 Å². The van der Waals surface area contributed by atoms with Crippen molar-refractivity contribution in [2.75, 3.05) is 38.6 Å². The third kappa shape index (κ3) is 13.9. The minimum atomic E-state index is -4.95. The molecule has 1 atom stereocenters. The molecule has 3 N–H and O–H groups in total. The minimum absolute atomic E-state index is 0.0238. The molecule has 0 saturated carbocycles. The number of carbonyl (C=O) groups is 2. The number of nitrogens with zero attached hydrogens (tertiary/aromatic N) is 2. The molecule has 18 heteroatoms. The van der Waals surface area contributed by atoms with Crippen LogP contribution in [0.3, 0.4) is 0 Å². The van der Waals surface area contributed by atoms with Crippen LogP contribution in [0.4, 0.5) is 13.2 Å². The first-order chi connectivity index (χ1) is 29.5. The van der Waals surface area contributed by atoms with E-state index >= 15 is 0 Å². The summed E-state index contributed by atoms with van der Waals surface area (Å²) >= 11 is 1.03. The van der Waals surface area contributed by atoms with E-state index in [4.69, 9.17) is 14.9 Å². The number of primary sulfonamides is 1. The molecular formula is C44H57F3N4O8S3. The monoisotopic (exact) mass is 922 g/mol. The second kappa shape index (κ2) is 22.5. The summed E-state index contributed by atoms with van der Waals surface area (Å²) in [6.45, 7) is 3.70. The number of sulfonamides is 1. The van der Waals surface area contributed by atoms with Crippen molar-refractivity contribution in [1.29, 1.82) is 0 Å². The van der Waals surface area contributed by atoms with Crippen molar-refractivity contribution in [2.45, 2.75) is 107 Å². The highest BCUT2D eigenvalue weighted by molar-refractivity contribution is 7.92. The summed E-state index contributed by atoms with van der Waals surface area (Å²) in [6, 6.07) is 16.9. The number of thiazole rings is 1. The van der Waals surface area contributed by atoms with Crippen LogP contribution < -0.4 is 15.2 Å². The Labute approximate surface area is 366 Å².